The van der Waals surface area contributed by atoms with E-state index in [0.717, 1.165) is 13.1 Å². The van der Waals surface area contributed by atoms with Gasteiger partial charge in [0.15, 0.2) is 0 Å². The molecule has 0 spiro atoms. The first-order chi connectivity index (χ1) is 6.54. The standard InChI is InChI=1S/C10H23N3O/c1-8-5-13(6-9(14)4-11)7-10(8)12(2)3/h8-10,14H,4-7,11H2,1-3H3. The maximum absolute atomic E-state index is 9.45. The summed E-state index contributed by atoms with van der Waals surface area (Å²) in [4.78, 5) is 4.56. The molecule has 0 amide bonds. The van der Waals surface area contributed by atoms with E-state index in [0.29, 0.717) is 25.0 Å². The van der Waals surface area contributed by atoms with E-state index in [9.17, 15) is 5.11 Å². The predicted molar refractivity (Wildman–Crippen MR) is 58.1 cm³/mol. The van der Waals surface area contributed by atoms with Gasteiger partial charge in [0.25, 0.3) is 0 Å². The average molecular weight is 201 g/mol. The fraction of sp³-hybridized carbons (Fsp3) is 1.00. The second-order valence-corrected chi connectivity index (χ2v) is 4.62. The molecule has 1 heterocycles. The molecule has 1 saturated heterocycles. The Kier molecular flexibility index (Phi) is 4.31. The van der Waals surface area contributed by atoms with Crippen LogP contribution in [0, 0.1) is 5.92 Å². The maximum Gasteiger partial charge on any atom is 0.0789 e. The molecule has 1 fully saturated rings. The minimum Gasteiger partial charge on any atom is -0.390 e. The average Bonchev–Trinajstić information content (AvgIpc) is 2.46. The van der Waals surface area contributed by atoms with Crippen LogP contribution in [0.2, 0.25) is 0 Å². The van der Waals surface area contributed by atoms with Crippen molar-refractivity contribution in [2.75, 3.05) is 40.3 Å². The van der Waals surface area contributed by atoms with Crippen LogP contribution in [0.15, 0.2) is 0 Å². The third-order valence-electron chi connectivity index (χ3n) is 3.05. The molecule has 4 heteroatoms. The largest absolute Gasteiger partial charge is 0.390 e. The van der Waals surface area contributed by atoms with Gasteiger partial charge in [0.2, 0.25) is 0 Å². The molecule has 3 N–H and O–H groups in total. The van der Waals surface area contributed by atoms with Gasteiger partial charge in [-0.05, 0) is 20.0 Å². The molecule has 1 rings (SSSR count). The van der Waals surface area contributed by atoms with E-state index >= 15 is 0 Å². The predicted octanol–water partition coefficient (Wildman–Crippen LogP) is -0.812. The van der Waals surface area contributed by atoms with Crippen molar-refractivity contribution < 1.29 is 5.11 Å². The van der Waals surface area contributed by atoms with Gasteiger partial charge in [-0.25, -0.2) is 0 Å². The molecule has 14 heavy (non-hydrogen) atoms. The Morgan fingerprint density at radius 3 is 2.57 bits per heavy atom. The molecule has 0 radical (unpaired) electrons. The lowest BCUT2D eigenvalue weighted by Crippen LogP contribution is -2.38. The molecule has 0 saturated carbocycles. The Balaban J connectivity index is 2.38. The third kappa shape index (κ3) is 2.92. The number of aliphatic hydroxyl groups excluding tert-OH is 1. The van der Waals surface area contributed by atoms with Crippen LogP contribution in [-0.4, -0.2) is 67.3 Å². The molecule has 3 unspecified atom stereocenters. The quantitative estimate of drug-likeness (QED) is 0.624. The van der Waals surface area contributed by atoms with E-state index < -0.39 is 0 Å². The van der Waals surface area contributed by atoms with Gasteiger partial charge in [-0.2, -0.15) is 0 Å². The molecular weight excluding hydrogens is 178 g/mol. The number of likely N-dealkylation sites (N-methyl/N-ethyl adjacent to an activating group) is 1. The Hall–Kier alpha value is -0.160. The van der Waals surface area contributed by atoms with Crippen LogP contribution in [0.5, 0.6) is 0 Å². The van der Waals surface area contributed by atoms with Crippen LogP contribution < -0.4 is 5.73 Å². The Bertz CT molecular complexity index is 175. The third-order valence-corrected chi connectivity index (χ3v) is 3.05. The number of hydrogen-bond donors (Lipinski definition) is 2. The number of likely N-dealkylation sites (tertiary alicyclic amines) is 1. The summed E-state index contributed by atoms with van der Waals surface area (Å²) in [5.74, 6) is 0.676. The first-order valence-corrected chi connectivity index (χ1v) is 5.31. The van der Waals surface area contributed by atoms with Crippen molar-refractivity contribution in [2.24, 2.45) is 11.7 Å². The van der Waals surface area contributed by atoms with E-state index in [2.05, 4.69) is 30.8 Å². The molecule has 1 aliphatic rings. The van der Waals surface area contributed by atoms with Crippen molar-refractivity contribution in [2.45, 2.75) is 19.1 Å². The van der Waals surface area contributed by atoms with Crippen LogP contribution in [-0.2, 0) is 0 Å². The number of aliphatic hydroxyl groups is 1. The van der Waals surface area contributed by atoms with Crippen LogP contribution in [0.4, 0.5) is 0 Å². The Labute approximate surface area is 86.7 Å². The van der Waals surface area contributed by atoms with Crippen molar-refractivity contribution in [1.29, 1.82) is 0 Å². The number of β-amino-alcohol motifs (C(OH)–C–C–N with tert-alkyl or cyclic N) is 1. The van der Waals surface area contributed by atoms with Gasteiger partial charge in [-0.1, -0.05) is 6.92 Å². The van der Waals surface area contributed by atoms with Crippen LogP contribution in [0.25, 0.3) is 0 Å². The lowest BCUT2D eigenvalue weighted by molar-refractivity contribution is 0.127. The van der Waals surface area contributed by atoms with E-state index in [-0.39, 0.29) is 6.10 Å². The monoisotopic (exact) mass is 201 g/mol. The topological polar surface area (TPSA) is 52.7 Å². The Morgan fingerprint density at radius 1 is 1.50 bits per heavy atom. The maximum atomic E-state index is 9.45. The minimum atomic E-state index is -0.372. The summed E-state index contributed by atoms with van der Waals surface area (Å²) in [6.45, 7) is 5.45. The van der Waals surface area contributed by atoms with Crippen LogP contribution in [0.3, 0.4) is 0 Å². The fourth-order valence-electron chi connectivity index (χ4n) is 2.24. The van der Waals surface area contributed by atoms with Crippen LogP contribution >= 0.6 is 0 Å². The van der Waals surface area contributed by atoms with Crippen molar-refractivity contribution in [1.82, 2.24) is 9.80 Å². The van der Waals surface area contributed by atoms with Gasteiger partial charge in [0, 0.05) is 32.2 Å². The first-order valence-electron chi connectivity index (χ1n) is 5.31. The van der Waals surface area contributed by atoms with Crippen molar-refractivity contribution in [3.63, 3.8) is 0 Å². The normalized spacial score (nSPS) is 31.3. The molecule has 0 bridgehead atoms. The second-order valence-electron chi connectivity index (χ2n) is 4.62. The highest BCUT2D eigenvalue weighted by atomic mass is 16.3. The SMILES string of the molecule is CC1CN(CC(O)CN)CC1N(C)C. The molecule has 0 aromatic carbocycles. The van der Waals surface area contributed by atoms with E-state index in [1.807, 2.05) is 0 Å². The van der Waals surface area contributed by atoms with Crippen molar-refractivity contribution in [3.8, 4) is 0 Å². The molecule has 0 aliphatic carbocycles. The van der Waals surface area contributed by atoms with Gasteiger partial charge in [0.05, 0.1) is 6.10 Å². The van der Waals surface area contributed by atoms with Crippen LogP contribution in [0.1, 0.15) is 6.92 Å². The number of hydrogen-bond acceptors (Lipinski definition) is 4. The summed E-state index contributed by atoms with van der Waals surface area (Å²) in [6, 6.07) is 0.611. The summed E-state index contributed by atoms with van der Waals surface area (Å²) in [5.41, 5.74) is 5.39. The minimum absolute atomic E-state index is 0.359. The molecule has 1 aliphatic heterocycles. The van der Waals surface area contributed by atoms with E-state index in [4.69, 9.17) is 5.73 Å². The van der Waals surface area contributed by atoms with Gasteiger partial charge < -0.3 is 15.7 Å². The molecular formula is C10H23N3O. The summed E-state index contributed by atoms with van der Waals surface area (Å²) in [6.07, 6.45) is -0.372. The zero-order chi connectivity index (χ0) is 10.7. The van der Waals surface area contributed by atoms with E-state index in [1.165, 1.54) is 0 Å². The molecule has 0 aromatic heterocycles. The highest BCUT2D eigenvalue weighted by molar-refractivity contribution is 4.87. The summed E-state index contributed by atoms with van der Waals surface area (Å²) >= 11 is 0. The fourth-order valence-corrected chi connectivity index (χ4v) is 2.24. The number of nitrogens with zero attached hydrogens (tertiary/aromatic N) is 2. The second kappa shape index (κ2) is 5.07. The smallest absolute Gasteiger partial charge is 0.0789 e. The van der Waals surface area contributed by atoms with E-state index in [1.54, 1.807) is 0 Å². The first kappa shape index (κ1) is 11.9. The lowest BCUT2D eigenvalue weighted by Gasteiger charge is -2.23. The van der Waals surface area contributed by atoms with Crippen molar-refractivity contribution in [3.05, 3.63) is 0 Å². The molecule has 4 nitrogen and oxygen atoms in total. The molecule has 84 valence electrons. The Morgan fingerprint density at radius 2 is 2.14 bits per heavy atom. The van der Waals surface area contributed by atoms with Gasteiger partial charge in [-0.15, -0.1) is 0 Å². The van der Waals surface area contributed by atoms with Gasteiger partial charge >= 0.3 is 0 Å². The zero-order valence-electron chi connectivity index (χ0n) is 9.48. The van der Waals surface area contributed by atoms with Crippen molar-refractivity contribution >= 4 is 0 Å². The lowest BCUT2D eigenvalue weighted by atomic mass is 10.1. The molecule has 3 atom stereocenters. The highest BCUT2D eigenvalue weighted by Crippen LogP contribution is 2.19. The molecule has 0 aromatic rings. The summed E-state index contributed by atoms with van der Waals surface area (Å²) in [7, 11) is 4.23. The highest BCUT2D eigenvalue weighted by Gasteiger charge is 2.31. The number of nitrogens with two attached hydrogens (primary N) is 1. The van der Waals surface area contributed by atoms with Gasteiger partial charge in [-0.3, -0.25) is 4.90 Å². The summed E-state index contributed by atoms with van der Waals surface area (Å²) in [5, 5.41) is 9.45. The van der Waals surface area contributed by atoms with Gasteiger partial charge in [0.1, 0.15) is 0 Å². The number of rotatable bonds is 4. The zero-order valence-corrected chi connectivity index (χ0v) is 9.48. The summed E-state index contributed by atoms with van der Waals surface area (Å²) < 4.78 is 0.